The van der Waals surface area contributed by atoms with E-state index in [1.165, 1.54) is 23.5 Å². The summed E-state index contributed by atoms with van der Waals surface area (Å²) in [6, 6.07) is 3.92. The standard InChI is InChI=1S/C16H19F3N3O5PS/c1-8(20)16-21-7-12(29-16)9-2-4-10(5-3-9)13(27-28(24,25)26)11(6-17)22-15(23)14(18)19/h2-5,7-8,11,13-14H,6,20H2,1H3,(H,22,23)(H2,24,25,26)/t8?,11-,13-/m1/s1. The van der Waals surface area contributed by atoms with Crippen molar-refractivity contribution in [2.45, 2.75) is 31.5 Å². The van der Waals surface area contributed by atoms with Gasteiger partial charge in [-0.2, -0.15) is 8.78 Å². The predicted molar refractivity (Wildman–Crippen MR) is 99.9 cm³/mol. The van der Waals surface area contributed by atoms with Gasteiger partial charge in [-0.25, -0.2) is 13.9 Å². The number of rotatable bonds is 9. The molecule has 1 heterocycles. The van der Waals surface area contributed by atoms with Gasteiger partial charge in [0.25, 0.3) is 5.91 Å². The van der Waals surface area contributed by atoms with Crippen LogP contribution >= 0.6 is 19.2 Å². The lowest BCUT2D eigenvalue weighted by Gasteiger charge is -2.26. The molecule has 0 saturated heterocycles. The lowest BCUT2D eigenvalue weighted by molar-refractivity contribution is -0.133. The number of nitrogens with two attached hydrogens (primary N) is 1. The van der Waals surface area contributed by atoms with E-state index in [0.717, 1.165) is 4.88 Å². The van der Waals surface area contributed by atoms with Crippen molar-refractivity contribution < 1.29 is 36.8 Å². The molecule has 13 heteroatoms. The molecule has 0 spiro atoms. The number of phosphoric acid groups is 1. The molecule has 29 heavy (non-hydrogen) atoms. The molecule has 1 aromatic heterocycles. The molecule has 0 aliphatic rings. The van der Waals surface area contributed by atoms with Gasteiger partial charge < -0.3 is 20.8 Å². The van der Waals surface area contributed by atoms with E-state index in [2.05, 4.69) is 9.51 Å². The van der Waals surface area contributed by atoms with Crippen LogP contribution in [0.15, 0.2) is 30.5 Å². The zero-order valence-electron chi connectivity index (χ0n) is 15.0. The number of amides is 1. The number of alkyl halides is 3. The van der Waals surface area contributed by atoms with Gasteiger partial charge in [0.2, 0.25) is 0 Å². The number of thiazole rings is 1. The number of nitrogens with one attached hydrogen (secondary N) is 1. The summed E-state index contributed by atoms with van der Waals surface area (Å²) in [5.41, 5.74) is 6.54. The predicted octanol–water partition coefficient (Wildman–Crippen LogP) is 2.70. The van der Waals surface area contributed by atoms with Crippen LogP contribution in [0, 0.1) is 0 Å². The number of halogens is 3. The van der Waals surface area contributed by atoms with Crippen molar-refractivity contribution in [1.29, 1.82) is 0 Å². The highest BCUT2D eigenvalue weighted by molar-refractivity contribution is 7.46. The van der Waals surface area contributed by atoms with Gasteiger partial charge >= 0.3 is 14.2 Å². The van der Waals surface area contributed by atoms with Crippen molar-refractivity contribution >= 4 is 25.1 Å². The molecule has 0 aliphatic carbocycles. The molecule has 5 N–H and O–H groups in total. The average molecular weight is 453 g/mol. The highest BCUT2D eigenvalue weighted by atomic mass is 32.1. The van der Waals surface area contributed by atoms with Gasteiger partial charge in [0, 0.05) is 6.20 Å². The van der Waals surface area contributed by atoms with Crippen LogP contribution in [0.2, 0.25) is 0 Å². The molecule has 2 rings (SSSR count). The van der Waals surface area contributed by atoms with Crippen molar-refractivity contribution in [3.05, 3.63) is 41.0 Å². The second-order valence-electron chi connectivity index (χ2n) is 6.06. The van der Waals surface area contributed by atoms with Crippen molar-refractivity contribution in [3.63, 3.8) is 0 Å². The first-order valence-electron chi connectivity index (χ1n) is 8.22. The fourth-order valence-corrected chi connectivity index (χ4v) is 3.86. The Hall–Kier alpha value is -1.82. The average Bonchev–Trinajstić information content (AvgIpc) is 3.14. The van der Waals surface area contributed by atoms with Gasteiger partial charge in [-0.1, -0.05) is 24.3 Å². The number of carbonyl (C=O) groups excluding carboxylic acids is 1. The topological polar surface area (TPSA) is 135 Å². The van der Waals surface area contributed by atoms with Crippen molar-refractivity contribution in [1.82, 2.24) is 10.3 Å². The number of aromatic nitrogens is 1. The van der Waals surface area contributed by atoms with E-state index in [9.17, 15) is 22.5 Å². The van der Waals surface area contributed by atoms with E-state index < -0.39 is 39.0 Å². The number of benzene rings is 1. The molecule has 0 radical (unpaired) electrons. The van der Waals surface area contributed by atoms with Crippen LogP contribution in [0.5, 0.6) is 0 Å². The molecule has 1 unspecified atom stereocenters. The monoisotopic (exact) mass is 453 g/mol. The molecule has 3 atom stereocenters. The smallest absolute Gasteiger partial charge is 0.343 e. The zero-order valence-corrected chi connectivity index (χ0v) is 16.7. The van der Waals surface area contributed by atoms with Crippen LogP contribution in [0.25, 0.3) is 10.4 Å². The first-order chi connectivity index (χ1) is 13.5. The van der Waals surface area contributed by atoms with Crippen LogP contribution in [0.1, 0.15) is 29.6 Å². The molecular weight excluding hydrogens is 434 g/mol. The number of hydrogen-bond acceptors (Lipinski definition) is 6. The van der Waals surface area contributed by atoms with Crippen LogP contribution < -0.4 is 11.1 Å². The van der Waals surface area contributed by atoms with Gasteiger partial charge in [0.05, 0.1) is 17.0 Å². The van der Waals surface area contributed by atoms with Crippen molar-refractivity contribution in [3.8, 4) is 10.4 Å². The third-order valence-corrected chi connectivity index (χ3v) is 5.49. The van der Waals surface area contributed by atoms with Crippen LogP contribution in [0.4, 0.5) is 13.2 Å². The van der Waals surface area contributed by atoms with Gasteiger partial charge in [0.1, 0.15) is 17.8 Å². The maximum atomic E-state index is 13.4. The van der Waals surface area contributed by atoms with E-state index >= 15 is 0 Å². The minimum absolute atomic E-state index is 0.0752. The molecule has 0 fully saturated rings. The maximum Gasteiger partial charge on any atom is 0.470 e. The Morgan fingerprint density at radius 1 is 1.34 bits per heavy atom. The van der Waals surface area contributed by atoms with E-state index in [0.29, 0.717) is 10.6 Å². The summed E-state index contributed by atoms with van der Waals surface area (Å²) in [6.07, 6.45) is -3.51. The summed E-state index contributed by atoms with van der Waals surface area (Å²) in [7, 11) is -5.13. The van der Waals surface area contributed by atoms with E-state index in [4.69, 9.17) is 15.5 Å². The summed E-state index contributed by atoms with van der Waals surface area (Å²) in [5, 5.41) is 2.40. The zero-order chi connectivity index (χ0) is 21.8. The number of carbonyl (C=O) groups is 1. The Morgan fingerprint density at radius 2 is 1.97 bits per heavy atom. The molecule has 1 amide bonds. The SMILES string of the molecule is CC(N)c1ncc(-c2ccc([C@@H](OP(=O)(O)O)[C@@H](CF)NC(=O)C(F)F)cc2)s1. The largest absolute Gasteiger partial charge is 0.470 e. The van der Waals surface area contributed by atoms with Crippen LogP contribution in [-0.4, -0.2) is 39.8 Å². The quantitative estimate of drug-likeness (QED) is 0.429. The molecular formula is C16H19F3N3O5PS. The van der Waals surface area contributed by atoms with Gasteiger partial charge in [-0.15, -0.1) is 11.3 Å². The molecule has 160 valence electrons. The molecule has 0 saturated carbocycles. The molecule has 2 aromatic rings. The normalized spacial score (nSPS) is 15.2. The van der Waals surface area contributed by atoms with Gasteiger partial charge in [-0.3, -0.25) is 9.32 Å². The Morgan fingerprint density at radius 3 is 2.41 bits per heavy atom. The highest BCUT2D eigenvalue weighted by Crippen LogP contribution is 2.44. The third-order valence-electron chi connectivity index (χ3n) is 3.75. The van der Waals surface area contributed by atoms with Crippen molar-refractivity contribution in [2.75, 3.05) is 6.67 Å². The first kappa shape index (κ1) is 23.5. The summed E-state index contributed by atoms with van der Waals surface area (Å²) in [5.74, 6) is -1.78. The highest BCUT2D eigenvalue weighted by Gasteiger charge is 2.33. The third kappa shape index (κ3) is 6.59. The Balaban J connectivity index is 2.32. The fraction of sp³-hybridized carbons (Fsp3) is 0.375. The number of hydrogen-bond donors (Lipinski definition) is 4. The summed E-state index contributed by atoms with van der Waals surface area (Å²) < 4.78 is 54.2. The summed E-state index contributed by atoms with van der Waals surface area (Å²) in [4.78, 5) is 34.4. The van der Waals surface area contributed by atoms with Crippen LogP contribution in [-0.2, 0) is 13.9 Å². The van der Waals surface area contributed by atoms with E-state index in [-0.39, 0.29) is 11.6 Å². The number of nitrogens with zero attached hydrogens (tertiary/aromatic N) is 1. The Bertz CT molecular complexity index is 875. The number of phosphoric ester groups is 1. The maximum absolute atomic E-state index is 13.4. The summed E-state index contributed by atoms with van der Waals surface area (Å²) >= 11 is 1.35. The molecule has 8 nitrogen and oxygen atoms in total. The fourth-order valence-electron chi connectivity index (χ4n) is 2.42. The van der Waals surface area contributed by atoms with E-state index in [1.807, 2.05) is 0 Å². The van der Waals surface area contributed by atoms with E-state index in [1.54, 1.807) is 30.6 Å². The first-order valence-corrected chi connectivity index (χ1v) is 10.6. The second-order valence-corrected chi connectivity index (χ2v) is 8.31. The van der Waals surface area contributed by atoms with Gasteiger partial charge in [-0.05, 0) is 18.1 Å². The van der Waals surface area contributed by atoms with Crippen LogP contribution in [0.3, 0.4) is 0 Å². The van der Waals surface area contributed by atoms with Crippen molar-refractivity contribution in [2.24, 2.45) is 5.73 Å². The Labute approximate surface area is 168 Å². The second kappa shape index (κ2) is 9.79. The van der Waals surface area contributed by atoms with Gasteiger partial charge in [0.15, 0.2) is 0 Å². The minimum Gasteiger partial charge on any atom is -0.343 e. The molecule has 1 aromatic carbocycles. The lowest BCUT2D eigenvalue weighted by Crippen LogP contribution is -2.44. The Kier molecular flexibility index (Phi) is 7.92. The lowest BCUT2D eigenvalue weighted by atomic mass is 10.0. The molecule has 0 bridgehead atoms. The molecule has 0 aliphatic heterocycles. The minimum atomic E-state index is -5.13. The summed E-state index contributed by atoms with van der Waals surface area (Å²) in [6.45, 7) is 0.387.